The van der Waals surface area contributed by atoms with E-state index in [4.69, 9.17) is 0 Å². The van der Waals surface area contributed by atoms with Crippen molar-refractivity contribution < 1.29 is 4.39 Å². The van der Waals surface area contributed by atoms with E-state index < -0.39 is 0 Å². The van der Waals surface area contributed by atoms with Gasteiger partial charge in [0.1, 0.15) is 5.82 Å². The lowest BCUT2D eigenvalue weighted by Gasteiger charge is -2.12. The molecule has 1 aromatic carbocycles. The summed E-state index contributed by atoms with van der Waals surface area (Å²) in [5.74, 6) is 0.541. The molecule has 0 atom stereocenters. The van der Waals surface area contributed by atoms with E-state index in [1.165, 1.54) is 6.07 Å². The zero-order valence-electron chi connectivity index (χ0n) is 12.9. The highest BCUT2D eigenvalue weighted by molar-refractivity contribution is 5.79. The number of rotatable bonds is 5. The van der Waals surface area contributed by atoms with Gasteiger partial charge in [-0.05, 0) is 36.2 Å². The van der Waals surface area contributed by atoms with Gasteiger partial charge in [0.05, 0.1) is 0 Å². The largest absolute Gasteiger partial charge is 0.356 e. The molecule has 5 heteroatoms. The van der Waals surface area contributed by atoms with Gasteiger partial charge in [-0.1, -0.05) is 18.2 Å². The van der Waals surface area contributed by atoms with E-state index in [2.05, 4.69) is 20.6 Å². The standard InChI is InChI=1S/C17H21FN4/c1-13-11-14(6-7-16(13)18)12-22-17(19-2)21-10-8-15-5-3-4-9-20-15/h3-7,9,11H,8,10,12H2,1-2H3,(H2,19,21,22). The number of hydrogen-bond donors (Lipinski definition) is 2. The third kappa shape index (κ3) is 4.84. The molecule has 0 aliphatic heterocycles. The SMILES string of the molecule is CN=C(NCCc1ccccn1)NCc1ccc(F)c(C)c1. The monoisotopic (exact) mass is 300 g/mol. The van der Waals surface area contributed by atoms with Crippen LogP contribution in [0.2, 0.25) is 0 Å². The first-order valence-electron chi connectivity index (χ1n) is 7.28. The predicted octanol–water partition coefficient (Wildman–Crippen LogP) is 2.44. The van der Waals surface area contributed by atoms with Gasteiger partial charge < -0.3 is 10.6 Å². The fourth-order valence-corrected chi connectivity index (χ4v) is 2.08. The highest BCUT2D eigenvalue weighted by Gasteiger charge is 2.01. The van der Waals surface area contributed by atoms with E-state index >= 15 is 0 Å². The van der Waals surface area contributed by atoms with Crippen LogP contribution in [0.15, 0.2) is 47.6 Å². The average molecular weight is 300 g/mol. The Morgan fingerprint density at radius 3 is 2.77 bits per heavy atom. The Kier molecular flexibility index (Phi) is 5.89. The van der Waals surface area contributed by atoms with Crippen LogP contribution in [0.5, 0.6) is 0 Å². The van der Waals surface area contributed by atoms with Crippen molar-refractivity contribution in [2.24, 2.45) is 4.99 Å². The molecule has 1 heterocycles. The van der Waals surface area contributed by atoms with Crippen molar-refractivity contribution in [2.75, 3.05) is 13.6 Å². The number of guanidine groups is 1. The second-order valence-corrected chi connectivity index (χ2v) is 5.01. The Morgan fingerprint density at radius 2 is 2.09 bits per heavy atom. The van der Waals surface area contributed by atoms with Gasteiger partial charge in [-0.15, -0.1) is 0 Å². The first kappa shape index (κ1) is 15.9. The fraction of sp³-hybridized carbons (Fsp3) is 0.294. The van der Waals surface area contributed by atoms with Crippen LogP contribution >= 0.6 is 0 Å². The van der Waals surface area contributed by atoms with Crippen molar-refractivity contribution in [3.8, 4) is 0 Å². The molecule has 0 bridgehead atoms. The normalized spacial score (nSPS) is 11.3. The van der Waals surface area contributed by atoms with Crippen molar-refractivity contribution in [1.29, 1.82) is 0 Å². The average Bonchev–Trinajstić information content (AvgIpc) is 2.55. The molecule has 2 aromatic rings. The number of nitrogens with zero attached hydrogens (tertiary/aromatic N) is 2. The molecule has 0 aliphatic carbocycles. The second kappa shape index (κ2) is 8.12. The minimum Gasteiger partial charge on any atom is -0.356 e. The van der Waals surface area contributed by atoms with Crippen LogP contribution in [0.4, 0.5) is 4.39 Å². The third-order valence-electron chi connectivity index (χ3n) is 3.31. The maximum absolute atomic E-state index is 13.2. The van der Waals surface area contributed by atoms with Crippen LogP contribution in [0.3, 0.4) is 0 Å². The van der Waals surface area contributed by atoms with E-state index in [1.807, 2.05) is 24.3 Å². The molecule has 0 radical (unpaired) electrons. The number of nitrogens with one attached hydrogen (secondary N) is 2. The summed E-state index contributed by atoms with van der Waals surface area (Å²) >= 11 is 0. The van der Waals surface area contributed by atoms with Crippen LogP contribution in [-0.2, 0) is 13.0 Å². The minimum atomic E-state index is -0.179. The predicted molar refractivity (Wildman–Crippen MR) is 87.3 cm³/mol. The highest BCUT2D eigenvalue weighted by atomic mass is 19.1. The summed E-state index contributed by atoms with van der Waals surface area (Å²) in [7, 11) is 1.73. The van der Waals surface area contributed by atoms with E-state index in [1.54, 1.807) is 26.2 Å². The zero-order chi connectivity index (χ0) is 15.8. The number of hydrogen-bond acceptors (Lipinski definition) is 2. The molecule has 0 amide bonds. The molecule has 116 valence electrons. The maximum atomic E-state index is 13.2. The summed E-state index contributed by atoms with van der Waals surface area (Å²) in [6, 6.07) is 11.0. The number of halogens is 1. The summed E-state index contributed by atoms with van der Waals surface area (Å²) < 4.78 is 13.2. The Morgan fingerprint density at radius 1 is 1.23 bits per heavy atom. The molecule has 22 heavy (non-hydrogen) atoms. The first-order valence-corrected chi connectivity index (χ1v) is 7.28. The molecule has 0 unspecified atom stereocenters. The van der Waals surface area contributed by atoms with Crippen LogP contribution < -0.4 is 10.6 Å². The summed E-state index contributed by atoms with van der Waals surface area (Å²) in [5, 5.41) is 6.45. The molecular formula is C17H21FN4. The van der Waals surface area contributed by atoms with Gasteiger partial charge in [0.15, 0.2) is 5.96 Å². The van der Waals surface area contributed by atoms with Gasteiger partial charge in [-0.2, -0.15) is 0 Å². The minimum absolute atomic E-state index is 0.179. The molecule has 2 N–H and O–H groups in total. The Balaban J connectivity index is 1.78. The summed E-state index contributed by atoms with van der Waals surface area (Å²) in [6.45, 7) is 3.11. The number of benzene rings is 1. The van der Waals surface area contributed by atoms with E-state index in [-0.39, 0.29) is 5.82 Å². The fourth-order valence-electron chi connectivity index (χ4n) is 2.08. The molecule has 0 fully saturated rings. The van der Waals surface area contributed by atoms with E-state index in [0.29, 0.717) is 12.1 Å². The Labute approximate surface area is 130 Å². The van der Waals surface area contributed by atoms with Crippen LogP contribution in [0, 0.1) is 12.7 Å². The summed E-state index contributed by atoms with van der Waals surface area (Å²) in [6.07, 6.45) is 2.62. The van der Waals surface area contributed by atoms with Crippen molar-refractivity contribution in [1.82, 2.24) is 15.6 Å². The van der Waals surface area contributed by atoms with E-state index in [9.17, 15) is 4.39 Å². The summed E-state index contributed by atoms with van der Waals surface area (Å²) in [5.41, 5.74) is 2.71. The van der Waals surface area contributed by atoms with Crippen molar-refractivity contribution >= 4 is 5.96 Å². The van der Waals surface area contributed by atoms with E-state index in [0.717, 1.165) is 30.2 Å². The number of aryl methyl sites for hydroxylation is 1. The lowest BCUT2D eigenvalue weighted by atomic mass is 10.1. The zero-order valence-corrected chi connectivity index (χ0v) is 12.9. The van der Waals surface area contributed by atoms with Gasteiger partial charge in [0.2, 0.25) is 0 Å². The maximum Gasteiger partial charge on any atom is 0.191 e. The molecule has 0 saturated carbocycles. The molecule has 0 saturated heterocycles. The highest BCUT2D eigenvalue weighted by Crippen LogP contribution is 2.08. The number of pyridine rings is 1. The van der Waals surface area contributed by atoms with Gasteiger partial charge in [-0.3, -0.25) is 9.98 Å². The van der Waals surface area contributed by atoms with Crippen molar-refractivity contribution in [3.63, 3.8) is 0 Å². The Bertz CT molecular complexity index is 626. The first-order chi connectivity index (χ1) is 10.7. The van der Waals surface area contributed by atoms with Gasteiger partial charge >= 0.3 is 0 Å². The lowest BCUT2D eigenvalue weighted by Crippen LogP contribution is -2.37. The molecule has 2 rings (SSSR count). The van der Waals surface area contributed by atoms with Gasteiger partial charge in [-0.25, -0.2) is 4.39 Å². The third-order valence-corrected chi connectivity index (χ3v) is 3.31. The topological polar surface area (TPSA) is 49.3 Å². The molecule has 0 aliphatic rings. The van der Waals surface area contributed by atoms with Crippen LogP contribution in [-0.4, -0.2) is 24.5 Å². The van der Waals surface area contributed by atoms with Gasteiger partial charge in [0, 0.05) is 38.4 Å². The smallest absolute Gasteiger partial charge is 0.191 e. The molecular weight excluding hydrogens is 279 g/mol. The number of aliphatic imine (C=N–C) groups is 1. The summed E-state index contributed by atoms with van der Waals surface area (Å²) in [4.78, 5) is 8.45. The second-order valence-electron chi connectivity index (χ2n) is 5.01. The number of aromatic nitrogens is 1. The van der Waals surface area contributed by atoms with Crippen LogP contribution in [0.1, 0.15) is 16.8 Å². The van der Waals surface area contributed by atoms with Crippen molar-refractivity contribution in [2.45, 2.75) is 19.9 Å². The van der Waals surface area contributed by atoms with Gasteiger partial charge in [0.25, 0.3) is 0 Å². The Hall–Kier alpha value is -2.43. The molecule has 4 nitrogen and oxygen atoms in total. The molecule has 1 aromatic heterocycles. The van der Waals surface area contributed by atoms with Crippen molar-refractivity contribution in [3.05, 3.63) is 65.2 Å². The quantitative estimate of drug-likeness (QED) is 0.658. The van der Waals surface area contributed by atoms with Crippen LogP contribution in [0.25, 0.3) is 0 Å². The molecule has 0 spiro atoms. The lowest BCUT2D eigenvalue weighted by molar-refractivity contribution is 0.617.